The van der Waals surface area contributed by atoms with Crippen molar-refractivity contribution in [3.63, 3.8) is 0 Å². The molecule has 5 rings (SSSR count). The number of hydrogen-bond acceptors (Lipinski definition) is 6. The highest BCUT2D eigenvalue weighted by Crippen LogP contribution is 2.23. The smallest absolute Gasteiger partial charge is 0.262 e. The number of amides is 1. The lowest BCUT2D eigenvalue weighted by atomic mass is 10.2. The number of carbonyl (C=O) groups is 1. The van der Waals surface area contributed by atoms with Gasteiger partial charge in [-0.05, 0) is 30.7 Å². The summed E-state index contributed by atoms with van der Waals surface area (Å²) in [6, 6.07) is 17.8. The number of aryl methyl sites for hydroxylation is 1. The third-order valence-corrected chi connectivity index (χ3v) is 7.21. The van der Waals surface area contributed by atoms with Crippen LogP contribution in [0.25, 0.3) is 16.7 Å². The fourth-order valence-corrected chi connectivity index (χ4v) is 5.26. The molecule has 1 amide bonds. The Morgan fingerprint density at radius 1 is 0.971 bits per heavy atom. The molecule has 9 heteroatoms. The Bertz CT molecular complexity index is 1360. The van der Waals surface area contributed by atoms with E-state index >= 15 is 0 Å². The molecule has 1 saturated heterocycles. The second-order valence-electron chi connectivity index (χ2n) is 8.44. The van der Waals surface area contributed by atoms with Crippen molar-refractivity contribution in [3.8, 4) is 0 Å². The standard InChI is InChI=1S/C25H28N6O2S/c1-2-3-13-30-23(33)20-11-7-8-12-21(20)31-24(30)26-27-25(31)34-18-22(32)29-16-14-28(15-17-29)19-9-5-4-6-10-19/h4-12H,2-3,13-18H2,1H3. The number of hydrogen-bond donors (Lipinski definition) is 0. The van der Waals surface area contributed by atoms with Gasteiger partial charge in [-0.25, -0.2) is 0 Å². The fraction of sp³-hybridized carbons (Fsp3) is 0.360. The van der Waals surface area contributed by atoms with E-state index < -0.39 is 0 Å². The average molecular weight is 477 g/mol. The molecule has 1 aliphatic rings. The summed E-state index contributed by atoms with van der Waals surface area (Å²) in [4.78, 5) is 30.3. The Hall–Kier alpha value is -3.33. The molecule has 0 radical (unpaired) electrons. The first kappa shape index (κ1) is 22.5. The topological polar surface area (TPSA) is 75.7 Å². The van der Waals surface area contributed by atoms with Crippen LogP contribution < -0.4 is 10.5 Å². The van der Waals surface area contributed by atoms with E-state index in [9.17, 15) is 9.59 Å². The molecule has 0 bridgehead atoms. The van der Waals surface area contributed by atoms with Crippen LogP contribution in [0.1, 0.15) is 19.8 Å². The number of unbranched alkanes of at least 4 members (excludes halogenated alkanes) is 1. The molecule has 1 aliphatic heterocycles. The van der Waals surface area contributed by atoms with Crippen molar-refractivity contribution in [1.82, 2.24) is 24.1 Å². The molecular weight excluding hydrogens is 448 g/mol. The second-order valence-corrected chi connectivity index (χ2v) is 9.38. The summed E-state index contributed by atoms with van der Waals surface area (Å²) in [5.41, 5.74) is 1.92. The zero-order chi connectivity index (χ0) is 23.5. The molecule has 0 unspecified atom stereocenters. The van der Waals surface area contributed by atoms with Crippen molar-refractivity contribution in [2.75, 3.05) is 36.8 Å². The maximum atomic E-state index is 13.1. The number of anilines is 1. The minimum atomic E-state index is -0.0483. The highest BCUT2D eigenvalue weighted by molar-refractivity contribution is 7.99. The first-order valence-electron chi connectivity index (χ1n) is 11.7. The molecular formula is C25H28N6O2S. The molecule has 0 atom stereocenters. The summed E-state index contributed by atoms with van der Waals surface area (Å²) in [5.74, 6) is 0.913. The van der Waals surface area contributed by atoms with E-state index in [1.54, 1.807) is 4.57 Å². The van der Waals surface area contributed by atoms with Crippen molar-refractivity contribution in [3.05, 3.63) is 65.0 Å². The van der Waals surface area contributed by atoms with E-state index in [1.807, 2.05) is 51.8 Å². The third-order valence-electron chi connectivity index (χ3n) is 6.29. The van der Waals surface area contributed by atoms with Crippen molar-refractivity contribution in [2.45, 2.75) is 31.5 Å². The van der Waals surface area contributed by atoms with E-state index in [1.165, 1.54) is 17.4 Å². The lowest BCUT2D eigenvalue weighted by Gasteiger charge is -2.36. The van der Waals surface area contributed by atoms with Gasteiger partial charge in [-0.1, -0.05) is 55.4 Å². The van der Waals surface area contributed by atoms with Crippen LogP contribution >= 0.6 is 11.8 Å². The number of rotatable bonds is 7. The zero-order valence-corrected chi connectivity index (χ0v) is 20.1. The number of fused-ring (bicyclic) bond motifs is 3. The van der Waals surface area contributed by atoms with Crippen LogP contribution in [0.4, 0.5) is 5.69 Å². The van der Waals surface area contributed by atoms with Crippen LogP contribution in [-0.2, 0) is 11.3 Å². The van der Waals surface area contributed by atoms with Gasteiger partial charge in [0, 0.05) is 38.4 Å². The highest BCUT2D eigenvalue weighted by Gasteiger charge is 2.23. The van der Waals surface area contributed by atoms with E-state index in [4.69, 9.17) is 0 Å². The SMILES string of the molecule is CCCCn1c(=O)c2ccccc2n2c(SCC(=O)N3CCN(c4ccccc4)CC3)nnc12. The maximum absolute atomic E-state index is 13.1. The number of piperazine rings is 1. The van der Waals surface area contributed by atoms with Crippen LogP contribution in [0.3, 0.4) is 0 Å². The Morgan fingerprint density at radius 3 is 2.47 bits per heavy atom. The minimum absolute atomic E-state index is 0.0483. The van der Waals surface area contributed by atoms with Gasteiger partial charge in [-0.2, -0.15) is 0 Å². The normalized spacial score (nSPS) is 14.3. The fourth-order valence-electron chi connectivity index (χ4n) is 4.42. The van der Waals surface area contributed by atoms with Crippen molar-refractivity contribution in [2.24, 2.45) is 0 Å². The highest BCUT2D eigenvalue weighted by atomic mass is 32.2. The van der Waals surface area contributed by atoms with Gasteiger partial charge in [0.1, 0.15) is 0 Å². The summed E-state index contributed by atoms with van der Waals surface area (Å²) < 4.78 is 3.62. The maximum Gasteiger partial charge on any atom is 0.262 e. The molecule has 34 heavy (non-hydrogen) atoms. The lowest BCUT2D eigenvalue weighted by molar-refractivity contribution is -0.128. The summed E-state index contributed by atoms with van der Waals surface area (Å²) in [5, 5.41) is 9.97. The molecule has 0 spiro atoms. The number of thioether (sulfide) groups is 1. The van der Waals surface area contributed by atoms with E-state index in [2.05, 4.69) is 34.2 Å². The minimum Gasteiger partial charge on any atom is -0.368 e. The number of carbonyl (C=O) groups excluding carboxylic acids is 1. The predicted molar refractivity (Wildman–Crippen MR) is 136 cm³/mol. The van der Waals surface area contributed by atoms with Crippen LogP contribution in [-0.4, -0.2) is 61.9 Å². The number of aromatic nitrogens is 4. The first-order valence-corrected chi connectivity index (χ1v) is 12.7. The van der Waals surface area contributed by atoms with Crippen LogP contribution in [0.2, 0.25) is 0 Å². The number of para-hydroxylation sites is 2. The van der Waals surface area contributed by atoms with Gasteiger partial charge in [-0.15, -0.1) is 10.2 Å². The van der Waals surface area contributed by atoms with Gasteiger partial charge in [0.25, 0.3) is 5.56 Å². The average Bonchev–Trinajstić information content (AvgIpc) is 3.32. The summed E-state index contributed by atoms with van der Waals surface area (Å²) >= 11 is 1.38. The zero-order valence-electron chi connectivity index (χ0n) is 19.3. The Balaban J connectivity index is 1.33. The molecule has 2 aromatic carbocycles. The quantitative estimate of drug-likeness (QED) is 0.381. The van der Waals surface area contributed by atoms with Crippen molar-refractivity contribution >= 4 is 40.0 Å². The van der Waals surface area contributed by atoms with Crippen molar-refractivity contribution < 1.29 is 4.79 Å². The molecule has 0 N–H and O–H groups in total. The van der Waals surface area contributed by atoms with E-state index in [-0.39, 0.29) is 17.2 Å². The van der Waals surface area contributed by atoms with Crippen LogP contribution in [0, 0.1) is 0 Å². The molecule has 8 nitrogen and oxygen atoms in total. The summed E-state index contributed by atoms with van der Waals surface area (Å²) in [6.07, 6.45) is 1.86. The lowest BCUT2D eigenvalue weighted by Crippen LogP contribution is -2.49. The predicted octanol–water partition coefficient (Wildman–Crippen LogP) is 3.29. The van der Waals surface area contributed by atoms with E-state index in [0.717, 1.165) is 31.4 Å². The Kier molecular flexibility index (Phi) is 6.53. The second kappa shape index (κ2) is 9.89. The van der Waals surface area contributed by atoms with Crippen molar-refractivity contribution in [1.29, 1.82) is 0 Å². The molecule has 3 heterocycles. The molecule has 0 saturated carbocycles. The van der Waals surface area contributed by atoms with Crippen LogP contribution in [0.15, 0.2) is 64.5 Å². The first-order chi connectivity index (χ1) is 16.7. The summed E-state index contributed by atoms with van der Waals surface area (Å²) in [7, 11) is 0. The molecule has 1 fully saturated rings. The molecule has 0 aliphatic carbocycles. The van der Waals surface area contributed by atoms with Gasteiger partial charge in [-0.3, -0.25) is 18.6 Å². The Labute approximate surface area is 202 Å². The van der Waals surface area contributed by atoms with Gasteiger partial charge in [0.05, 0.1) is 16.7 Å². The molecule has 2 aromatic heterocycles. The molecule has 176 valence electrons. The number of benzene rings is 2. The largest absolute Gasteiger partial charge is 0.368 e. The summed E-state index contributed by atoms with van der Waals surface area (Å²) in [6.45, 7) is 5.74. The monoisotopic (exact) mass is 476 g/mol. The van der Waals surface area contributed by atoms with Gasteiger partial charge in [0.15, 0.2) is 5.16 Å². The van der Waals surface area contributed by atoms with Crippen LogP contribution in [0.5, 0.6) is 0 Å². The Morgan fingerprint density at radius 2 is 1.71 bits per heavy atom. The van der Waals surface area contributed by atoms with E-state index in [0.29, 0.717) is 36.0 Å². The van der Waals surface area contributed by atoms with Gasteiger partial charge >= 0.3 is 0 Å². The number of nitrogens with zero attached hydrogens (tertiary/aromatic N) is 6. The third kappa shape index (κ3) is 4.27. The van der Waals surface area contributed by atoms with Gasteiger partial charge < -0.3 is 9.80 Å². The van der Waals surface area contributed by atoms with Gasteiger partial charge in [0.2, 0.25) is 11.7 Å². The molecule has 4 aromatic rings.